The quantitative estimate of drug-likeness (QED) is 0.370. The summed E-state index contributed by atoms with van der Waals surface area (Å²) in [6.07, 6.45) is 0. The number of aromatic nitrogens is 2. The second-order valence-corrected chi connectivity index (χ2v) is 7.62. The molecule has 170 valence electrons. The molecule has 9 heteroatoms. The molecule has 0 aliphatic heterocycles. The summed E-state index contributed by atoms with van der Waals surface area (Å²) in [4.78, 5) is 12.6. The van der Waals surface area contributed by atoms with Crippen molar-refractivity contribution in [3.05, 3.63) is 94.3 Å². The smallest absolute Gasteiger partial charge is 0.292 e. The molecular weight excluding hydrogens is 449 g/mol. The Morgan fingerprint density at radius 2 is 1.91 bits per heavy atom. The van der Waals surface area contributed by atoms with Crippen molar-refractivity contribution in [3.63, 3.8) is 0 Å². The predicted molar refractivity (Wildman–Crippen MR) is 121 cm³/mol. The first kappa shape index (κ1) is 22.4. The molecule has 4 rings (SSSR count). The van der Waals surface area contributed by atoms with Gasteiger partial charge in [-0.2, -0.15) is 5.10 Å². The Kier molecular flexibility index (Phi) is 6.65. The Morgan fingerprint density at radius 1 is 1.15 bits per heavy atom. The fourth-order valence-corrected chi connectivity index (χ4v) is 3.37. The normalized spacial score (nSPS) is 10.8. The second-order valence-electron chi connectivity index (χ2n) is 7.21. The van der Waals surface area contributed by atoms with E-state index in [2.05, 4.69) is 10.4 Å². The van der Waals surface area contributed by atoms with Crippen molar-refractivity contribution in [2.24, 2.45) is 0 Å². The third kappa shape index (κ3) is 5.35. The Hall–Kier alpha value is -3.78. The van der Waals surface area contributed by atoms with Crippen LogP contribution in [-0.2, 0) is 13.2 Å². The number of rotatable bonds is 8. The van der Waals surface area contributed by atoms with Gasteiger partial charge in [-0.3, -0.25) is 9.48 Å². The first-order valence-corrected chi connectivity index (χ1v) is 10.4. The molecule has 1 N–H and O–H groups in total. The first-order valence-electron chi connectivity index (χ1n) is 10.1. The number of aryl methyl sites for hydroxylation is 1. The van der Waals surface area contributed by atoms with Crippen LogP contribution in [0.3, 0.4) is 0 Å². The maximum atomic E-state index is 14.1. The van der Waals surface area contributed by atoms with Crippen LogP contribution in [-0.4, -0.2) is 22.8 Å². The SMILES string of the molecule is COc1ccc(OCc2ccc(C(=O)Nc3cc(C)n(Cc4c(F)cccc4Cl)n3)o2)cc1. The maximum absolute atomic E-state index is 14.1. The summed E-state index contributed by atoms with van der Waals surface area (Å²) in [5.74, 6) is 1.43. The van der Waals surface area contributed by atoms with Crippen molar-refractivity contribution >= 4 is 23.3 Å². The summed E-state index contributed by atoms with van der Waals surface area (Å²) in [7, 11) is 1.59. The summed E-state index contributed by atoms with van der Waals surface area (Å²) in [5.41, 5.74) is 1.06. The van der Waals surface area contributed by atoms with Gasteiger partial charge in [0.15, 0.2) is 11.6 Å². The van der Waals surface area contributed by atoms with Crippen molar-refractivity contribution in [1.29, 1.82) is 0 Å². The molecule has 33 heavy (non-hydrogen) atoms. The van der Waals surface area contributed by atoms with Crippen molar-refractivity contribution < 1.29 is 23.1 Å². The Labute approximate surface area is 194 Å². The maximum Gasteiger partial charge on any atom is 0.292 e. The molecule has 2 aromatic heterocycles. The van der Waals surface area contributed by atoms with Gasteiger partial charge in [-0.25, -0.2) is 4.39 Å². The van der Waals surface area contributed by atoms with Crippen LogP contribution in [0.2, 0.25) is 5.02 Å². The van der Waals surface area contributed by atoms with Gasteiger partial charge in [0.2, 0.25) is 0 Å². The highest BCUT2D eigenvalue weighted by Crippen LogP contribution is 2.22. The Bertz CT molecular complexity index is 1250. The van der Waals surface area contributed by atoms with E-state index in [4.69, 9.17) is 25.5 Å². The Morgan fingerprint density at radius 3 is 2.64 bits per heavy atom. The molecule has 0 aliphatic rings. The molecule has 0 saturated heterocycles. The van der Waals surface area contributed by atoms with E-state index in [1.165, 1.54) is 6.07 Å². The molecule has 1 amide bonds. The predicted octanol–water partition coefficient (Wildman–Crippen LogP) is 5.47. The molecular formula is C24H21ClFN3O4. The second kappa shape index (κ2) is 9.79. The van der Waals surface area contributed by atoms with Crippen LogP contribution < -0.4 is 14.8 Å². The van der Waals surface area contributed by atoms with Crippen molar-refractivity contribution in [1.82, 2.24) is 9.78 Å². The minimum Gasteiger partial charge on any atom is -0.497 e. The zero-order valence-electron chi connectivity index (χ0n) is 18.0. The molecule has 0 unspecified atom stereocenters. The molecule has 0 spiro atoms. The standard InChI is InChI=1S/C24H21ClFN3O4/c1-15-12-23(28-29(15)13-19-20(25)4-3-5-21(19)26)27-24(30)22-11-10-18(33-22)14-32-17-8-6-16(31-2)7-9-17/h3-12H,13-14H2,1-2H3,(H,27,28,30). The molecule has 2 heterocycles. The van der Waals surface area contributed by atoms with E-state index in [0.717, 1.165) is 11.4 Å². The summed E-state index contributed by atoms with van der Waals surface area (Å²) in [5, 5.41) is 7.34. The molecule has 0 bridgehead atoms. The minimum absolute atomic E-state index is 0.118. The average Bonchev–Trinajstić information content (AvgIpc) is 3.42. The van der Waals surface area contributed by atoms with Gasteiger partial charge < -0.3 is 19.2 Å². The van der Waals surface area contributed by atoms with Crippen LogP contribution in [0.4, 0.5) is 10.2 Å². The average molecular weight is 470 g/mol. The summed E-state index contributed by atoms with van der Waals surface area (Å²) in [6.45, 7) is 2.11. The molecule has 0 radical (unpaired) electrons. The number of hydrogen-bond acceptors (Lipinski definition) is 5. The van der Waals surface area contributed by atoms with Crippen molar-refractivity contribution in [2.45, 2.75) is 20.1 Å². The number of furan rings is 1. The molecule has 0 atom stereocenters. The van der Waals surface area contributed by atoms with E-state index in [1.54, 1.807) is 73.3 Å². The van der Waals surface area contributed by atoms with Gasteiger partial charge in [-0.05, 0) is 55.5 Å². The third-order valence-electron chi connectivity index (χ3n) is 4.92. The van der Waals surface area contributed by atoms with Gasteiger partial charge in [-0.1, -0.05) is 17.7 Å². The van der Waals surface area contributed by atoms with Crippen LogP contribution in [0.1, 0.15) is 27.6 Å². The lowest BCUT2D eigenvalue weighted by atomic mass is 10.2. The van der Waals surface area contributed by atoms with Gasteiger partial charge in [-0.15, -0.1) is 0 Å². The molecule has 7 nitrogen and oxygen atoms in total. The fourth-order valence-electron chi connectivity index (χ4n) is 3.15. The third-order valence-corrected chi connectivity index (χ3v) is 5.27. The van der Waals surface area contributed by atoms with Gasteiger partial charge in [0.25, 0.3) is 5.91 Å². The topological polar surface area (TPSA) is 78.5 Å². The van der Waals surface area contributed by atoms with Gasteiger partial charge in [0, 0.05) is 22.3 Å². The first-order chi connectivity index (χ1) is 15.9. The number of nitrogens with zero attached hydrogens (tertiary/aromatic N) is 2. The number of methoxy groups -OCH3 is 1. The summed E-state index contributed by atoms with van der Waals surface area (Å²) < 4.78 is 32.0. The highest BCUT2D eigenvalue weighted by atomic mass is 35.5. The van der Waals surface area contributed by atoms with Gasteiger partial charge in [0.05, 0.1) is 13.7 Å². The van der Waals surface area contributed by atoms with E-state index in [-0.39, 0.29) is 18.9 Å². The van der Waals surface area contributed by atoms with Crippen molar-refractivity contribution in [3.8, 4) is 11.5 Å². The lowest BCUT2D eigenvalue weighted by molar-refractivity contribution is 0.0992. The zero-order valence-corrected chi connectivity index (χ0v) is 18.7. The number of ether oxygens (including phenoxy) is 2. The minimum atomic E-state index is -0.459. The number of nitrogens with one attached hydrogen (secondary N) is 1. The molecule has 0 fully saturated rings. The van der Waals surface area contributed by atoms with Gasteiger partial charge >= 0.3 is 0 Å². The van der Waals surface area contributed by atoms with Crippen LogP contribution in [0.5, 0.6) is 11.5 Å². The number of benzene rings is 2. The van der Waals surface area contributed by atoms with Crippen molar-refractivity contribution in [2.75, 3.05) is 12.4 Å². The van der Waals surface area contributed by atoms with E-state index >= 15 is 0 Å². The van der Waals surface area contributed by atoms with Crippen LogP contribution in [0, 0.1) is 12.7 Å². The highest BCUT2D eigenvalue weighted by molar-refractivity contribution is 6.31. The lowest BCUT2D eigenvalue weighted by Crippen LogP contribution is -2.12. The monoisotopic (exact) mass is 469 g/mol. The molecule has 0 saturated carbocycles. The largest absolute Gasteiger partial charge is 0.497 e. The molecule has 4 aromatic rings. The van der Waals surface area contributed by atoms with E-state index in [1.807, 2.05) is 0 Å². The number of hydrogen-bond donors (Lipinski definition) is 1. The lowest BCUT2D eigenvalue weighted by Gasteiger charge is -2.07. The zero-order chi connectivity index (χ0) is 23.4. The van der Waals surface area contributed by atoms with E-state index in [9.17, 15) is 9.18 Å². The van der Waals surface area contributed by atoms with E-state index < -0.39 is 11.7 Å². The van der Waals surface area contributed by atoms with Gasteiger partial charge in [0.1, 0.15) is 29.7 Å². The number of amides is 1. The van der Waals surface area contributed by atoms with Crippen LogP contribution in [0.15, 0.2) is 65.1 Å². The van der Waals surface area contributed by atoms with E-state index in [0.29, 0.717) is 27.9 Å². The summed E-state index contributed by atoms with van der Waals surface area (Å²) >= 11 is 6.10. The highest BCUT2D eigenvalue weighted by Gasteiger charge is 2.16. The number of halogens is 2. The van der Waals surface area contributed by atoms with Crippen LogP contribution in [0.25, 0.3) is 0 Å². The Balaban J connectivity index is 1.37. The van der Waals surface area contributed by atoms with Crippen LogP contribution >= 0.6 is 11.6 Å². The summed E-state index contributed by atoms with van der Waals surface area (Å²) in [6, 6.07) is 16.6. The molecule has 2 aromatic carbocycles. The number of carbonyl (C=O) groups excluding carboxylic acids is 1. The number of anilines is 1. The fraction of sp³-hybridized carbons (Fsp3) is 0.167. The molecule has 0 aliphatic carbocycles. The number of carbonyl (C=O) groups is 1.